The van der Waals surface area contributed by atoms with E-state index in [1.54, 1.807) is 36.5 Å². The molecule has 0 radical (unpaired) electrons. The fraction of sp³-hybridized carbons (Fsp3) is 0.143. The van der Waals surface area contributed by atoms with Gasteiger partial charge in [0.2, 0.25) is 0 Å². The maximum absolute atomic E-state index is 12.0. The van der Waals surface area contributed by atoms with Crippen molar-refractivity contribution in [1.29, 1.82) is 0 Å². The Morgan fingerprint density at radius 3 is 2.68 bits per heavy atom. The maximum Gasteiger partial charge on any atom is 0.259 e. The van der Waals surface area contributed by atoms with Crippen molar-refractivity contribution in [2.75, 3.05) is 17.7 Å². The number of hydrogen-bond acceptors (Lipinski definition) is 4. The van der Waals surface area contributed by atoms with Gasteiger partial charge >= 0.3 is 0 Å². The minimum absolute atomic E-state index is 0.283. The first-order chi connectivity index (χ1) is 9.20. The number of carbonyl (C=O) groups excluding carboxylic acids is 1. The molecule has 0 spiro atoms. The molecule has 5 nitrogen and oxygen atoms in total. The number of nitrogens with one attached hydrogen (secondary N) is 1. The summed E-state index contributed by atoms with van der Waals surface area (Å²) >= 11 is 0. The fourth-order valence-corrected chi connectivity index (χ4v) is 1.59. The lowest BCUT2D eigenvalue weighted by Crippen LogP contribution is -2.14. The molecule has 0 unspecified atom stereocenters. The van der Waals surface area contributed by atoms with E-state index in [9.17, 15) is 4.79 Å². The van der Waals surface area contributed by atoms with Crippen LogP contribution in [0.25, 0.3) is 0 Å². The van der Waals surface area contributed by atoms with Crippen LogP contribution in [0.15, 0.2) is 42.7 Å². The lowest BCUT2D eigenvalue weighted by Gasteiger charge is -2.08. The molecule has 98 valence electrons. The van der Waals surface area contributed by atoms with Gasteiger partial charge in [0.1, 0.15) is 5.75 Å². The number of nitrogen functional groups attached to an aromatic ring is 1. The highest BCUT2D eigenvalue weighted by molar-refractivity contribution is 6.07. The number of carbonyl (C=O) groups is 1. The zero-order chi connectivity index (χ0) is 13.7. The number of anilines is 2. The van der Waals surface area contributed by atoms with E-state index in [0.717, 1.165) is 5.75 Å². The number of ether oxygens (including phenoxy) is 1. The van der Waals surface area contributed by atoms with Crippen molar-refractivity contribution in [3.8, 4) is 5.75 Å². The zero-order valence-corrected chi connectivity index (χ0v) is 10.6. The van der Waals surface area contributed by atoms with Crippen LogP contribution in [-0.4, -0.2) is 17.5 Å². The van der Waals surface area contributed by atoms with Crippen molar-refractivity contribution in [2.45, 2.75) is 6.92 Å². The van der Waals surface area contributed by atoms with Crippen molar-refractivity contribution in [2.24, 2.45) is 0 Å². The molecule has 19 heavy (non-hydrogen) atoms. The molecular formula is C14H15N3O2. The summed E-state index contributed by atoms with van der Waals surface area (Å²) in [6, 6.07) is 8.73. The number of nitrogens with zero attached hydrogens (tertiary/aromatic N) is 1. The van der Waals surface area contributed by atoms with Gasteiger partial charge in [0.25, 0.3) is 5.91 Å². The standard InChI is InChI=1S/C14H15N3O2/c1-2-19-11-5-3-10(4-6-11)17-14(18)12-9-16-8-7-13(12)15/h3-9H,2H2,1H3,(H2,15,16)(H,17,18). The molecule has 5 heteroatoms. The predicted octanol–water partition coefficient (Wildman–Crippen LogP) is 2.31. The van der Waals surface area contributed by atoms with Crippen LogP contribution in [0.2, 0.25) is 0 Å². The Bertz CT molecular complexity index is 567. The van der Waals surface area contributed by atoms with Gasteiger partial charge in [-0.2, -0.15) is 0 Å². The number of rotatable bonds is 4. The van der Waals surface area contributed by atoms with Crippen LogP contribution in [0.1, 0.15) is 17.3 Å². The van der Waals surface area contributed by atoms with E-state index in [-0.39, 0.29) is 5.91 Å². The van der Waals surface area contributed by atoms with Gasteiger partial charge in [0.15, 0.2) is 0 Å². The van der Waals surface area contributed by atoms with Gasteiger partial charge in [-0.05, 0) is 37.3 Å². The molecule has 1 heterocycles. The highest BCUT2D eigenvalue weighted by Gasteiger charge is 2.09. The van der Waals surface area contributed by atoms with Crippen molar-refractivity contribution < 1.29 is 9.53 Å². The third-order valence-corrected chi connectivity index (χ3v) is 2.52. The van der Waals surface area contributed by atoms with Crippen LogP contribution in [0, 0.1) is 0 Å². The molecule has 2 aromatic rings. The Labute approximate surface area is 111 Å². The molecule has 3 N–H and O–H groups in total. The molecule has 0 bridgehead atoms. The SMILES string of the molecule is CCOc1ccc(NC(=O)c2cnccc2N)cc1. The van der Waals surface area contributed by atoms with E-state index in [2.05, 4.69) is 10.3 Å². The van der Waals surface area contributed by atoms with Gasteiger partial charge in [-0.15, -0.1) is 0 Å². The minimum atomic E-state index is -0.283. The van der Waals surface area contributed by atoms with Crippen LogP contribution in [0.3, 0.4) is 0 Å². The summed E-state index contributed by atoms with van der Waals surface area (Å²) in [5.41, 5.74) is 7.15. The lowest BCUT2D eigenvalue weighted by atomic mass is 10.2. The molecule has 2 rings (SSSR count). The summed E-state index contributed by atoms with van der Waals surface area (Å²) in [5, 5.41) is 2.75. The minimum Gasteiger partial charge on any atom is -0.494 e. The predicted molar refractivity (Wildman–Crippen MR) is 74.2 cm³/mol. The van der Waals surface area contributed by atoms with Crippen LogP contribution in [0.5, 0.6) is 5.75 Å². The van der Waals surface area contributed by atoms with Crippen molar-refractivity contribution in [3.05, 3.63) is 48.3 Å². The molecule has 0 saturated heterocycles. The lowest BCUT2D eigenvalue weighted by molar-refractivity contribution is 0.102. The first kappa shape index (κ1) is 12.9. The largest absolute Gasteiger partial charge is 0.494 e. The van der Waals surface area contributed by atoms with Gasteiger partial charge in [0.05, 0.1) is 12.2 Å². The topological polar surface area (TPSA) is 77.2 Å². The maximum atomic E-state index is 12.0. The highest BCUT2D eigenvalue weighted by atomic mass is 16.5. The molecule has 0 aliphatic rings. The first-order valence-corrected chi connectivity index (χ1v) is 5.94. The van der Waals surface area contributed by atoms with Crippen molar-refractivity contribution in [1.82, 2.24) is 4.98 Å². The molecule has 0 aliphatic carbocycles. The smallest absolute Gasteiger partial charge is 0.259 e. The van der Waals surface area contributed by atoms with Crippen LogP contribution in [-0.2, 0) is 0 Å². The Morgan fingerprint density at radius 1 is 1.32 bits per heavy atom. The van der Waals surface area contributed by atoms with Gasteiger partial charge in [-0.1, -0.05) is 0 Å². The molecule has 1 aromatic carbocycles. The van der Waals surface area contributed by atoms with Crippen LogP contribution >= 0.6 is 0 Å². The first-order valence-electron chi connectivity index (χ1n) is 5.94. The number of amides is 1. The summed E-state index contributed by atoms with van der Waals surface area (Å²) in [6.45, 7) is 2.53. The molecule has 0 aliphatic heterocycles. The summed E-state index contributed by atoms with van der Waals surface area (Å²) in [5.74, 6) is 0.483. The summed E-state index contributed by atoms with van der Waals surface area (Å²) in [4.78, 5) is 15.9. The van der Waals surface area contributed by atoms with Crippen molar-refractivity contribution in [3.63, 3.8) is 0 Å². The van der Waals surface area contributed by atoms with E-state index in [0.29, 0.717) is 23.5 Å². The molecule has 0 atom stereocenters. The second-order valence-electron chi connectivity index (χ2n) is 3.87. The molecule has 0 fully saturated rings. The third-order valence-electron chi connectivity index (χ3n) is 2.52. The van der Waals surface area contributed by atoms with E-state index < -0.39 is 0 Å². The van der Waals surface area contributed by atoms with E-state index in [1.165, 1.54) is 6.20 Å². The summed E-state index contributed by atoms with van der Waals surface area (Å²) in [7, 11) is 0. The second-order valence-corrected chi connectivity index (χ2v) is 3.87. The van der Waals surface area contributed by atoms with Crippen LogP contribution in [0.4, 0.5) is 11.4 Å². The highest BCUT2D eigenvalue weighted by Crippen LogP contribution is 2.17. The number of benzene rings is 1. The average molecular weight is 257 g/mol. The normalized spacial score (nSPS) is 9.95. The Hall–Kier alpha value is -2.56. The molecule has 1 aromatic heterocycles. The molecule has 1 amide bonds. The van der Waals surface area contributed by atoms with Gasteiger partial charge in [-0.25, -0.2) is 0 Å². The van der Waals surface area contributed by atoms with E-state index >= 15 is 0 Å². The zero-order valence-electron chi connectivity index (χ0n) is 10.6. The Balaban J connectivity index is 2.09. The van der Waals surface area contributed by atoms with Crippen molar-refractivity contribution >= 4 is 17.3 Å². The monoisotopic (exact) mass is 257 g/mol. The van der Waals surface area contributed by atoms with Gasteiger partial charge < -0.3 is 15.8 Å². The fourth-order valence-electron chi connectivity index (χ4n) is 1.59. The number of hydrogen-bond donors (Lipinski definition) is 2. The second kappa shape index (κ2) is 5.86. The third kappa shape index (κ3) is 3.22. The van der Waals surface area contributed by atoms with Crippen LogP contribution < -0.4 is 15.8 Å². The Kier molecular flexibility index (Phi) is 3.97. The Morgan fingerprint density at radius 2 is 2.05 bits per heavy atom. The number of pyridine rings is 1. The van der Waals surface area contributed by atoms with E-state index in [1.807, 2.05) is 6.92 Å². The quantitative estimate of drug-likeness (QED) is 0.881. The van der Waals surface area contributed by atoms with Gasteiger partial charge in [0, 0.05) is 23.8 Å². The van der Waals surface area contributed by atoms with E-state index in [4.69, 9.17) is 10.5 Å². The molecular weight excluding hydrogens is 242 g/mol. The number of nitrogens with two attached hydrogens (primary N) is 1. The molecule has 0 saturated carbocycles. The van der Waals surface area contributed by atoms with Gasteiger partial charge in [-0.3, -0.25) is 9.78 Å². The summed E-state index contributed by atoms with van der Waals surface area (Å²) < 4.78 is 5.33. The average Bonchev–Trinajstić information content (AvgIpc) is 2.42. The summed E-state index contributed by atoms with van der Waals surface area (Å²) in [6.07, 6.45) is 2.99. The number of aromatic nitrogens is 1.